The molecule has 0 spiro atoms. The fourth-order valence-electron chi connectivity index (χ4n) is 2.68. The minimum atomic E-state index is -0.0221. The smallest absolute Gasteiger partial charge is 0.237 e. The first-order valence-corrected chi connectivity index (χ1v) is 8.12. The number of carbonyl (C=O) groups is 1. The highest BCUT2D eigenvalue weighted by atomic mass is 79.9. The number of piperidine rings is 1. The average molecular weight is 339 g/mol. The third-order valence-electron chi connectivity index (χ3n) is 3.83. The zero-order valence-corrected chi connectivity index (χ0v) is 13.7. The summed E-state index contributed by atoms with van der Waals surface area (Å²) in [6, 6.07) is 8.39. The molecular formula is C16H23BrN2O. The molecule has 0 bridgehead atoms. The van der Waals surface area contributed by atoms with Gasteiger partial charge in [0, 0.05) is 10.5 Å². The number of carbonyl (C=O) groups excluding carboxylic acids is 1. The van der Waals surface area contributed by atoms with Crippen LogP contribution in [0, 0.1) is 5.92 Å². The van der Waals surface area contributed by atoms with Gasteiger partial charge in [0.15, 0.2) is 0 Å². The molecule has 1 aliphatic rings. The van der Waals surface area contributed by atoms with Crippen molar-refractivity contribution < 1.29 is 4.79 Å². The van der Waals surface area contributed by atoms with Gasteiger partial charge in [0.2, 0.25) is 5.91 Å². The molecule has 1 aliphatic heterocycles. The second-order valence-corrected chi connectivity index (χ2v) is 6.79. The number of hydrogen-bond acceptors (Lipinski definition) is 2. The van der Waals surface area contributed by atoms with Crippen LogP contribution in [0.5, 0.6) is 0 Å². The van der Waals surface area contributed by atoms with Crippen LogP contribution in [0.4, 0.5) is 0 Å². The van der Waals surface area contributed by atoms with Crippen LogP contribution in [0.15, 0.2) is 28.7 Å². The van der Waals surface area contributed by atoms with Crippen LogP contribution >= 0.6 is 15.9 Å². The van der Waals surface area contributed by atoms with Crippen molar-refractivity contribution in [1.29, 1.82) is 0 Å². The van der Waals surface area contributed by atoms with Crippen LogP contribution < -0.4 is 10.6 Å². The van der Waals surface area contributed by atoms with E-state index < -0.39 is 0 Å². The fraction of sp³-hybridized carbons (Fsp3) is 0.562. The van der Waals surface area contributed by atoms with Gasteiger partial charge in [0.05, 0.1) is 6.04 Å². The van der Waals surface area contributed by atoms with Crippen molar-refractivity contribution in [2.24, 2.45) is 5.92 Å². The first-order valence-electron chi connectivity index (χ1n) is 7.33. The molecule has 1 fully saturated rings. The Morgan fingerprint density at radius 3 is 2.80 bits per heavy atom. The molecule has 3 unspecified atom stereocenters. The quantitative estimate of drug-likeness (QED) is 0.886. The van der Waals surface area contributed by atoms with E-state index >= 15 is 0 Å². The Hall–Kier alpha value is -0.870. The normalized spacial score (nSPS) is 24.1. The molecule has 2 N–H and O–H groups in total. The summed E-state index contributed by atoms with van der Waals surface area (Å²) in [6.45, 7) is 5.22. The minimum absolute atomic E-state index is 0.0221. The van der Waals surface area contributed by atoms with Crippen molar-refractivity contribution in [3.63, 3.8) is 0 Å². The van der Waals surface area contributed by atoms with E-state index in [4.69, 9.17) is 0 Å². The molecule has 4 heteroatoms. The molecule has 0 saturated carbocycles. The molecule has 1 aromatic carbocycles. The number of nitrogens with one attached hydrogen (secondary N) is 2. The van der Waals surface area contributed by atoms with Crippen molar-refractivity contribution >= 4 is 21.8 Å². The van der Waals surface area contributed by atoms with E-state index in [0.717, 1.165) is 30.3 Å². The van der Waals surface area contributed by atoms with Crippen LogP contribution in [0.2, 0.25) is 0 Å². The highest BCUT2D eigenvalue weighted by Crippen LogP contribution is 2.15. The Kier molecular flexibility index (Phi) is 5.61. The zero-order chi connectivity index (χ0) is 14.5. The van der Waals surface area contributed by atoms with Crippen molar-refractivity contribution in [3.05, 3.63) is 34.3 Å². The van der Waals surface area contributed by atoms with Gasteiger partial charge in [0.25, 0.3) is 0 Å². The standard InChI is InChI=1S/C16H23BrN2O/c1-11-7-8-18-15(9-11)16(20)19-12(2)10-13-3-5-14(17)6-4-13/h3-6,11-12,15,18H,7-10H2,1-2H3,(H,19,20). The van der Waals surface area contributed by atoms with Crippen LogP contribution in [-0.2, 0) is 11.2 Å². The summed E-state index contributed by atoms with van der Waals surface area (Å²) in [5.74, 6) is 0.773. The van der Waals surface area contributed by atoms with Crippen LogP contribution in [0.1, 0.15) is 32.3 Å². The van der Waals surface area contributed by atoms with Gasteiger partial charge in [0.1, 0.15) is 0 Å². The van der Waals surface area contributed by atoms with E-state index in [1.165, 1.54) is 5.56 Å². The lowest BCUT2D eigenvalue weighted by Gasteiger charge is -2.28. The molecule has 0 aromatic heterocycles. The van der Waals surface area contributed by atoms with Gasteiger partial charge in [-0.3, -0.25) is 4.79 Å². The molecule has 1 saturated heterocycles. The second kappa shape index (κ2) is 7.23. The summed E-state index contributed by atoms with van der Waals surface area (Å²) in [4.78, 5) is 12.2. The summed E-state index contributed by atoms with van der Waals surface area (Å²) in [5, 5.41) is 6.43. The van der Waals surface area contributed by atoms with Crippen molar-refractivity contribution in [1.82, 2.24) is 10.6 Å². The Morgan fingerprint density at radius 2 is 2.15 bits per heavy atom. The van der Waals surface area contributed by atoms with Gasteiger partial charge in [-0.05, 0) is 56.3 Å². The molecule has 1 amide bonds. The van der Waals surface area contributed by atoms with Crippen LogP contribution in [0.3, 0.4) is 0 Å². The van der Waals surface area contributed by atoms with Gasteiger partial charge in [-0.2, -0.15) is 0 Å². The summed E-state index contributed by atoms with van der Waals surface area (Å²) in [5.41, 5.74) is 1.24. The molecule has 20 heavy (non-hydrogen) atoms. The minimum Gasteiger partial charge on any atom is -0.352 e. The van der Waals surface area contributed by atoms with Crippen molar-refractivity contribution in [2.75, 3.05) is 6.54 Å². The van der Waals surface area contributed by atoms with E-state index in [1.807, 2.05) is 12.1 Å². The maximum atomic E-state index is 12.2. The number of hydrogen-bond donors (Lipinski definition) is 2. The van der Waals surface area contributed by atoms with Crippen molar-refractivity contribution in [2.45, 2.75) is 45.2 Å². The maximum Gasteiger partial charge on any atom is 0.237 e. The predicted octanol–water partition coefficient (Wildman–Crippen LogP) is 2.88. The van der Waals surface area contributed by atoms with E-state index in [1.54, 1.807) is 0 Å². The first-order chi connectivity index (χ1) is 9.54. The molecule has 2 rings (SSSR count). The average Bonchev–Trinajstić information content (AvgIpc) is 2.41. The third-order valence-corrected chi connectivity index (χ3v) is 4.35. The highest BCUT2D eigenvalue weighted by molar-refractivity contribution is 9.10. The number of rotatable bonds is 4. The number of halogens is 1. The SMILES string of the molecule is CC1CCNC(C(=O)NC(C)Cc2ccc(Br)cc2)C1. The van der Waals surface area contributed by atoms with Crippen molar-refractivity contribution in [3.8, 4) is 0 Å². The highest BCUT2D eigenvalue weighted by Gasteiger charge is 2.25. The molecule has 0 aliphatic carbocycles. The Bertz CT molecular complexity index is 446. The predicted molar refractivity (Wildman–Crippen MR) is 85.6 cm³/mol. The maximum absolute atomic E-state index is 12.2. The van der Waals surface area contributed by atoms with Crippen LogP contribution in [-0.4, -0.2) is 24.5 Å². The molecule has 3 nitrogen and oxygen atoms in total. The number of benzene rings is 1. The summed E-state index contributed by atoms with van der Waals surface area (Å²) < 4.78 is 1.08. The van der Waals surface area contributed by atoms with Crippen LogP contribution in [0.25, 0.3) is 0 Å². The Balaban J connectivity index is 1.82. The van der Waals surface area contributed by atoms with E-state index in [0.29, 0.717) is 5.92 Å². The molecule has 1 heterocycles. The molecule has 110 valence electrons. The monoisotopic (exact) mass is 338 g/mol. The third kappa shape index (κ3) is 4.60. The van der Waals surface area contributed by atoms with E-state index in [-0.39, 0.29) is 18.0 Å². The summed E-state index contributed by atoms with van der Waals surface area (Å²) >= 11 is 3.43. The largest absolute Gasteiger partial charge is 0.352 e. The lowest BCUT2D eigenvalue weighted by Crippen LogP contribution is -2.50. The topological polar surface area (TPSA) is 41.1 Å². The molecule has 3 atom stereocenters. The fourth-order valence-corrected chi connectivity index (χ4v) is 2.94. The molecular weight excluding hydrogens is 316 g/mol. The summed E-state index contributed by atoms with van der Waals surface area (Å²) in [6.07, 6.45) is 2.97. The molecule has 1 aromatic rings. The van der Waals surface area contributed by atoms with Gasteiger partial charge in [-0.15, -0.1) is 0 Å². The lowest BCUT2D eigenvalue weighted by molar-refractivity contribution is -0.124. The van der Waals surface area contributed by atoms with E-state index in [9.17, 15) is 4.79 Å². The summed E-state index contributed by atoms with van der Waals surface area (Å²) in [7, 11) is 0. The Labute approximate surface area is 129 Å². The lowest BCUT2D eigenvalue weighted by atomic mass is 9.93. The van der Waals surface area contributed by atoms with Gasteiger partial charge in [-0.25, -0.2) is 0 Å². The van der Waals surface area contributed by atoms with Gasteiger partial charge >= 0.3 is 0 Å². The first kappa shape index (κ1) is 15.5. The van der Waals surface area contributed by atoms with Gasteiger partial charge < -0.3 is 10.6 Å². The number of amides is 1. The molecule has 0 radical (unpaired) electrons. The van der Waals surface area contributed by atoms with Gasteiger partial charge in [-0.1, -0.05) is 35.0 Å². The van der Waals surface area contributed by atoms with E-state index in [2.05, 4.69) is 52.5 Å². The second-order valence-electron chi connectivity index (χ2n) is 5.88. The Morgan fingerprint density at radius 1 is 1.45 bits per heavy atom. The zero-order valence-electron chi connectivity index (χ0n) is 12.2.